The Labute approximate surface area is 288 Å². The number of nitriles is 2. The number of hydrogen-bond acceptors (Lipinski definition) is 2. The van der Waals surface area contributed by atoms with Gasteiger partial charge in [-0.15, -0.1) is 0 Å². The third kappa shape index (κ3) is 4.31. The number of benzene rings is 7. The Morgan fingerprint density at radius 1 is 0.500 bits per heavy atom. The van der Waals surface area contributed by atoms with Gasteiger partial charge in [-0.25, -0.2) is 4.85 Å². The molecule has 7 aromatic carbocycles. The summed E-state index contributed by atoms with van der Waals surface area (Å²) in [4.78, 5) is 3.82. The van der Waals surface area contributed by atoms with E-state index in [4.69, 9.17) is 6.57 Å². The normalized spacial score (nSPS) is 11.1. The molecule has 0 N–H and O–H groups in total. The smallest absolute Gasteiger partial charge is 0.189 e. The average Bonchev–Trinajstić information content (AvgIpc) is 3.70. The first-order chi connectivity index (χ1) is 24.7. The van der Waals surface area contributed by atoms with Crippen LogP contribution in [0, 0.1) is 29.2 Å². The van der Waals surface area contributed by atoms with Crippen LogP contribution in [0.2, 0.25) is 0 Å². The summed E-state index contributed by atoms with van der Waals surface area (Å²) in [5.41, 5.74) is 11.8. The molecule has 0 saturated carbocycles. The molecule has 0 radical (unpaired) electrons. The molecule has 0 amide bonds. The average molecular weight is 636 g/mol. The number of aromatic nitrogens is 2. The fourth-order valence-corrected chi connectivity index (χ4v) is 7.48. The Morgan fingerprint density at radius 3 is 2.00 bits per heavy atom. The molecule has 2 aromatic heterocycles. The predicted molar refractivity (Wildman–Crippen MR) is 202 cm³/mol. The van der Waals surface area contributed by atoms with Gasteiger partial charge in [0, 0.05) is 38.5 Å². The monoisotopic (exact) mass is 635 g/mol. The zero-order valence-corrected chi connectivity index (χ0v) is 26.7. The van der Waals surface area contributed by atoms with Crippen LogP contribution in [0.3, 0.4) is 0 Å². The molecule has 0 saturated heterocycles. The van der Waals surface area contributed by atoms with E-state index in [1.807, 2.05) is 72.8 Å². The summed E-state index contributed by atoms with van der Waals surface area (Å²) in [7, 11) is 0. The molecule has 5 heteroatoms. The van der Waals surface area contributed by atoms with Crippen molar-refractivity contribution in [2.75, 3.05) is 0 Å². The van der Waals surface area contributed by atoms with Gasteiger partial charge in [0.05, 0.1) is 51.9 Å². The Bertz CT molecular complexity index is 2970. The van der Waals surface area contributed by atoms with Crippen LogP contribution in [0.1, 0.15) is 11.1 Å². The first-order valence-corrected chi connectivity index (χ1v) is 16.3. The summed E-state index contributed by atoms with van der Waals surface area (Å²) in [6.07, 6.45) is 0. The van der Waals surface area contributed by atoms with E-state index in [-0.39, 0.29) is 0 Å². The van der Waals surface area contributed by atoms with Crippen LogP contribution >= 0.6 is 0 Å². The molecule has 0 aliphatic rings. The van der Waals surface area contributed by atoms with E-state index >= 15 is 0 Å². The second-order valence-electron chi connectivity index (χ2n) is 12.3. The van der Waals surface area contributed by atoms with Gasteiger partial charge in [0.1, 0.15) is 0 Å². The first kappa shape index (κ1) is 28.8. The van der Waals surface area contributed by atoms with Crippen molar-refractivity contribution in [1.29, 1.82) is 10.5 Å². The SMILES string of the molecule is [C-]#[N+]c1ccc(-c2ccccc2-c2cccc(-n3c4ccccc4c4c(C#N)cccc43)c2)c(-n2c3ccccc3c3cc(C#N)ccc32)c1. The second kappa shape index (κ2) is 11.4. The molecule has 5 nitrogen and oxygen atoms in total. The van der Waals surface area contributed by atoms with Crippen molar-refractivity contribution in [1.82, 2.24) is 9.13 Å². The lowest BCUT2D eigenvalue weighted by Crippen LogP contribution is -1.99. The largest absolute Gasteiger partial charge is 0.310 e. The highest BCUT2D eigenvalue weighted by atomic mass is 15.0. The van der Waals surface area contributed by atoms with Crippen LogP contribution in [-0.2, 0) is 0 Å². The summed E-state index contributed by atoms with van der Waals surface area (Å²) in [6, 6.07) is 55.7. The number of nitrogens with zero attached hydrogens (tertiary/aromatic N) is 5. The molecule has 230 valence electrons. The molecule has 0 spiro atoms. The highest BCUT2D eigenvalue weighted by Crippen LogP contribution is 2.42. The quantitative estimate of drug-likeness (QED) is 0.181. The molecule has 0 aliphatic heterocycles. The predicted octanol–water partition coefficient (Wildman–Crippen LogP) is 11.5. The molecule has 0 fully saturated rings. The molecule has 0 unspecified atom stereocenters. The van der Waals surface area contributed by atoms with E-state index in [2.05, 4.69) is 105 Å². The Kier molecular flexibility index (Phi) is 6.56. The van der Waals surface area contributed by atoms with E-state index in [0.29, 0.717) is 16.8 Å². The summed E-state index contributed by atoms with van der Waals surface area (Å²) >= 11 is 0. The van der Waals surface area contributed by atoms with Gasteiger partial charge in [0.2, 0.25) is 0 Å². The molecular formula is C45H25N5. The van der Waals surface area contributed by atoms with Crippen LogP contribution in [0.4, 0.5) is 5.69 Å². The van der Waals surface area contributed by atoms with Crippen molar-refractivity contribution in [2.45, 2.75) is 0 Å². The summed E-state index contributed by atoms with van der Waals surface area (Å²) < 4.78 is 4.45. The minimum absolute atomic E-state index is 0.547. The van der Waals surface area contributed by atoms with Gasteiger partial charge in [-0.2, -0.15) is 10.5 Å². The van der Waals surface area contributed by atoms with Gasteiger partial charge in [0.15, 0.2) is 5.69 Å². The zero-order valence-electron chi connectivity index (χ0n) is 26.7. The minimum atomic E-state index is 0.547. The Morgan fingerprint density at radius 2 is 1.20 bits per heavy atom. The maximum atomic E-state index is 9.98. The molecule has 9 rings (SSSR count). The molecule has 0 bridgehead atoms. The number of para-hydroxylation sites is 2. The zero-order chi connectivity index (χ0) is 33.8. The van der Waals surface area contributed by atoms with E-state index in [0.717, 1.165) is 77.2 Å². The van der Waals surface area contributed by atoms with Gasteiger partial charge in [-0.3, -0.25) is 0 Å². The lowest BCUT2D eigenvalue weighted by Gasteiger charge is -2.18. The fraction of sp³-hybridized carbons (Fsp3) is 0. The van der Waals surface area contributed by atoms with Crippen LogP contribution in [0.25, 0.3) is 82.1 Å². The molecule has 50 heavy (non-hydrogen) atoms. The summed E-state index contributed by atoms with van der Waals surface area (Å²) in [5.74, 6) is 0. The highest BCUT2D eigenvalue weighted by molar-refractivity contribution is 6.12. The molecular weight excluding hydrogens is 611 g/mol. The van der Waals surface area contributed by atoms with Crippen LogP contribution in [-0.4, -0.2) is 9.13 Å². The van der Waals surface area contributed by atoms with Crippen molar-refractivity contribution in [3.05, 3.63) is 174 Å². The van der Waals surface area contributed by atoms with Gasteiger partial charge < -0.3 is 9.13 Å². The van der Waals surface area contributed by atoms with Gasteiger partial charge in [0.25, 0.3) is 0 Å². The van der Waals surface area contributed by atoms with Gasteiger partial charge in [-0.1, -0.05) is 91.0 Å². The number of fused-ring (bicyclic) bond motifs is 6. The summed E-state index contributed by atoms with van der Waals surface area (Å²) in [6.45, 7) is 7.89. The molecule has 0 atom stereocenters. The maximum Gasteiger partial charge on any atom is 0.189 e. The number of hydrogen-bond donors (Lipinski definition) is 0. The number of rotatable bonds is 4. The van der Waals surface area contributed by atoms with Crippen molar-refractivity contribution in [3.63, 3.8) is 0 Å². The third-order valence-electron chi connectivity index (χ3n) is 9.60. The van der Waals surface area contributed by atoms with Crippen molar-refractivity contribution >= 4 is 49.3 Å². The first-order valence-electron chi connectivity index (χ1n) is 16.3. The van der Waals surface area contributed by atoms with Gasteiger partial charge in [-0.05, 0) is 77.4 Å². The van der Waals surface area contributed by atoms with Crippen molar-refractivity contribution in [2.24, 2.45) is 0 Å². The second-order valence-corrected chi connectivity index (χ2v) is 12.3. The summed E-state index contributed by atoms with van der Waals surface area (Å²) in [5, 5.41) is 23.7. The molecule has 2 heterocycles. The van der Waals surface area contributed by atoms with E-state index in [9.17, 15) is 10.5 Å². The third-order valence-corrected chi connectivity index (χ3v) is 9.60. The van der Waals surface area contributed by atoms with E-state index < -0.39 is 0 Å². The lowest BCUT2D eigenvalue weighted by molar-refractivity contribution is 1.18. The van der Waals surface area contributed by atoms with Crippen LogP contribution in [0.5, 0.6) is 0 Å². The van der Waals surface area contributed by atoms with E-state index in [1.54, 1.807) is 0 Å². The van der Waals surface area contributed by atoms with E-state index in [1.165, 1.54) is 0 Å². The minimum Gasteiger partial charge on any atom is -0.310 e. The highest BCUT2D eigenvalue weighted by Gasteiger charge is 2.20. The molecule has 0 aliphatic carbocycles. The lowest BCUT2D eigenvalue weighted by atomic mass is 9.93. The standard InChI is InChI=1S/C45H25N5/c1-48-32-21-22-37(44(26-32)50-40-17-6-4-15-36(40)39-24-29(27-46)20-23-42(39)50)35-14-3-2-13-34(35)30-10-8-12-33(25-30)49-41-18-7-5-16-38(41)45-31(28-47)11-9-19-43(45)49/h2-26H. The molecule has 9 aromatic rings. The fourth-order valence-electron chi connectivity index (χ4n) is 7.48. The Hall–Kier alpha value is -7.39. The van der Waals surface area contributed by atoms with Crippen molar-refractivity contribution in [3.8, 4) is 45.8 Å². The topological polar surface area (TPSA) is 61.8 Å². The van der Waals surface area contributed by atoms with Crippen LogP contribution < -0.4 is 0 Å². The van der Waals surface area contributed by atoms with Gasteiger partial charge >= 0.3 is 0 Å². The van der Waals surface area contributed by atoms with Crippen LogP contribution in [0.15, 0.2) is 152 Å². The Balaban J connectivity index is 1.28. The van der Waals surface area contributed by atoms with Crippen molar-refractivity contribution < 1.29 is 0 Å². The maximum absolute atomic E-state index is 9.98.